The first kappa shape index (κ1) is 17.0. The number of benzene rings is 1. The van der Waals surface area contributed by atoms with Crippen molar-refractivity contribution in [2.24, 2.45) is 5.10 Å². The van der Waals surface area contributed by atoms with Gasteiger partial charge < -0.3 is 9.32 Å². The average molecular weight is 352 g/mol. The summed E-state index contributed by atoms with van der Waals surface area (Å²) in [6.07, 6.45) is 6.06. The normalized spacial score (nSPS) is 21.0. The zero-order chi connectivity index (χ0) is 17.9. The van der Waals surface area contributed by atoms with Crippen molar-refractivity contribution in [1.82, 2.24) is 5.01 Å². The fourth-order valence-electron chi connectivity index (χ4n) is 3.89. The molecule has 1 aromatic carbocycles. The van der Waals surface area contributed by atoms with E-state index in [0.29, 0.717) is 13.0 Å². The minimum Gasteiger partial charge on any atom is -0.467 e. The summed E-state index contributed by atoms with van der Waals surface area (Å²) in [5.41, 5.74) is 3.25. The number of piperidine rings is 1. The Kier molecular flexibility index (Phi) is 4.89. The lowest BCUT2D eigenvalue weighted by atomic mass is 10.0. The van der Waals surface area contributed by atoms with Crippen LogP contribution < -0.4 is 4.90 Å². The van der Waals surface area contributed by atoms with Crippen LogP contribution in [0.5, 0.6) is 0 Å². The molecule has 0 unspecified atom stereocenters. The van der Waals surface area contributed by atoms with Gasteiger partial charge in [-0.25, -0.2) is 5.01 Å². The number of nitrogens with one attached hydrogen (secondary N) is 1. The zero-order valence-corrected chi connectivity index (χ0v) is 15.3. The minimum atomic E-state index is -0.141. The van der Waals surface area contributed by atoms with E-state index in [0.717, 1.165) is 30.1 Å². The highest BCUT2D eigenvalue weighted by atomic mass is 16.3. The summed E-state index contributed by atoms with van der Waals surface area (Å²) in [5.74, 6) is 0.892. The van der Waals surface area contributed by atoms with Crippen molar-refractivity contribution in [1.29, 1.82) is 0 Å². The van der Waals surface area contributed by atoms with Crippen LogP contribution >= 0.6 is 0 Å². The van der Waals surface area contributed by atoms with Gasteiger partial charge in [-0.05, 0) is 43.9 Å². The summed E-state index contributed by atoms with van der Waals surface area (Å²) in [6, 6.07) is 12.0. The molecule has 136 valence electrons. The largest absolute Gasteiger partial charge is 0.467 e. The highest BCUT2D eigenvalue weighted by molar-refractivity contribution is 6.03. The Morgan fingerprint density at radius 1 is 1.19 bits per heavy atom. The second kappa shape index (κ2) is 7.46. The van der Waals surface area contributed by atoms with Gasteiger partial charge in [0, 0.05) is 6.42 Å². The number of amides is 1. The number of carbonyl (C=O) groups is 1. The molecule has 0 saturated carbocycles. The zero-order valence-electron chi connectivity index (χ0n) is 15.3. The number of rotatable bonds is 4. The Morgan fingerprint density at radius 2 is 1.96 bits per heavy atom. The molecule has 0 radical (unpaired) electrons. The van der Waals surface area contributed by atoms with E-state index in [-0.39, 0.29) is 11.9 Å². The van der Waals surface area contributed by atoms with Crippen molar-refractivity contribution in [3.8, 4) is 0 Å². The number of hydrogen-bond donors (Lipinski definition) is 1. The minimum absolute atomic E-state index is 0.0883. The van der Waals surface area contributed by atoms with Crippen molar-refractivity contribution >= 4 is 11.6 Å². The number of hydrazone groups is 1. The predicted molar refractivity (Wildman–Crippen MR) is 100 cm³/mol. The summed E-state index contributed by atoms with van der Waals surface area (Å²) in [5, 5.41) is 6.38. The third-order valence-corrected chi connectivity index (χ3v) is 5.38. The number of nitrogens with zero attached hydrogens (tertiary/aromatic N) is 2. The van der Waals surface area contributed by atoms with E-state index in [9.17, 15) is 4.79 Å². The second-order valence-corrected chi connectivity index (χ2v) is 7.37. The first-order chi connectivity index (χ1) is 12.7. The average Bonchev–Trinajstić information content (AvgIpc) is 3.33. The number of furan rings is 1. The van der Waals surface area contributed by atoms with Gasteiger partial charge in [-0.3, -0.25) is 4.79 Å². The summed E-state index contributed by atoms with van der Waals surface area (Å²) in [7, 11) is 0. The Hall–Kier alpha value is -2.40. The van der Waals surface area contributed by atoms with E-state index >= 15 is 0 Å². The Bertz CT molecular complexity index is 774. The van der Waals surface area contributed by atoms with Gasteiger partial charge in [0.1, 0.15) is 11.8 Å². The van der Waals surface area contributed by atoms with Gasteiger partial charge in [0.25, 0.3) is 5.91 Å². The topological polar surface area (TPSA) is 50.2 Å². The molecular weight excluding hydrogens is 326 g/mol. The fourth-order valence-corrected chi connectivity index (χ4v) is 3.89. The van der Waals surface area contributed by atoms with Gasteiger partial charge in [0.2, 0.25) is 0 Å². The molecule has 1 N–H and O–H groups in total. The molecule has 2 aromatic rings. The van der Waals surface area contributed by atoms with Crippen LogP contribution in [0.25, 0.3) is 0 Å². The van der Waals surface area contributed by atoms with Crippen LogP contribution in [0.1, 0.15) is 48.6 Å². The molecule has 1 atom stereocenters. The highest BCUT2D eigenvalue weighted by Gasteiger charge is 2.36. The maximum Gasteiger partial charge on any atom is 0.298 e. The quantitative estimate of drug-likeness (QED) is 0.918. The molecule has 1 fully saturated rings. The fraction of sp³-hybridized carbons (Fsp3) is 0.429. The van der Waals surface area contributed by atoms with Crippen molar-refractivity contribution in [2.45, 2.75) is 38.6 Å². The maximum atomic E-state index is 13.0. The molecule has 5 nitrogen and oxygen atoms in total. The predicted octanol–water partition coefficient (Wildman–Crippen LogP) is 2.33. The first-order valence-electron chi connectivity index (χ1n) is 9.54. The Morgan fingerprint density at radius 3 is 2.65 bits per heavy atom. The van der Waals surface area contributed by atoms with Crippen LogP contribution in [-0.4, -0.2) is 36.3 Å². The van der Waals surface area contributed by atoms with E-state index in [1.165, 1.54) is 29.7 Å². The highest BCUT2D eigenvalue weighted by Crippen LogP contribution is 2.32. The molecule has 1 saturated heterocycles. The summed E-state index contributed by atoms with van der Waals surface area (Å²) >= 11 is 0. The van der Waals surface area contributed by atoms with Gasteiger partial charge in [-0.1, -0.05) is 29.8 Å². The number of likely N-dealkylation sites (tertiary alicyclic amines) is 1. The second-order valence-electron chi connectivity index (χ2n) is 7.37. The molecule has 0 bridgehead atoms. The van der Waals surface area contributed by atoms with Crippen LogP contribution in [0.3, 0.4) is 0 Å². The van der Waals surface area contributed by atoms with Crippen molar-refractivity contribution in [2.75, 3.05) is 19.6 Å². The smallest absolute Gasteiger partial charge is 0.298 e. The lowest BCUT2D eigenvalue weighted by molar-refractivity contribution is -0.897. The molecule has 2 aliphatic rings. The van der Waals surface area contributed by atoms with Crippen LogP contribution in [0, 0.1) is 6.92 Å². The molecule has 0 spiro atoms. The van der Waals surface area contributed by atoms with Gasteiger partial charge in [-0.15, -0.1) is 0 Å². The molecule has 2 aliphatic heterocycles. The van der Waals surface area contributed by atoms with E-state index in [1.807, 2.05) is 12.1 Å². The molecule has 4 rings (SSSR count). The monoisotopic (exact) mass is 352 g/mol. The van der Waals surface area contributed by atoms with Crippen LogP contribution in [0.15, 0.2) is 52.2 Å². The maximum absolute atomic E-state index is 13.0. The van der Waals surface area contributed by atoms with E-state index in [2.05, 4.69) is 31.2 Å². The van der Waals surface area contributed by atoms with E-state index in [1.54, 1.807) is 11.3 Å². The standard InChI is InChI=1S/C21H25N3O2/c1-16-7-9-17(10-8-16)18-14-19(20-6-5-13-26-20)24(22-18)21(25)15-23-11-3-2-4-12-23/h5-10,13,19H,2-4,11-12,14-15H2,1H3/p+1/t19-/m0/s1. The van der Waals surface area contributed by atoms with Crippen molar-refractivity contribution in [3.05, 3.63) is 59.5 Å². The van der Waals surface area contributed by atoms with Crippen LogP contribution in [-0.2, 0) is 4.79 Å². The third kappa shape index (κ3) is 3.58. The van der Waals surface area contributed by atoms with Crippen LogP contribution in [0.4, 0.5) is 0 Å². The van der Waals surface area contributed by atoms with Crippen molar-refractivity contribution in [3.63, 3.8) is 0 Å². The molecule has 1 aromatic heterocycles. The van der Waals surface area contributed by atoms with Crippen LogP contribution in [0.2, 0.25) is 0 Å². The van der Waals surface area contributed by atoms with Gasteiger partial charge in [-0.2, -0.15) is 5.10 Å². The SMILES string of the molecule is Cc1ccc(C2=NN(C(=O)C[NH+]3CCCCC3)[C@H](c3ccco3)C2)cc1. The molecular formula is C21H26N3O2+. The lowest BCUT2D eigenvalue weighted by Gasteiger charge is -2.26. The molecule has 3 heterocycles. The third-order valence-electron chi connectivity index (χ3n) is 5.38. The Labute approximate surface area is 154 Å². The van der Waals surface area contributed by atoms with Gasteiger partial charge >= 0.3 is 0 Å². The number of aryl methyl sites for hydroxylation is 1. The summed E-state index contributed by atoms with van der Waals surface area (Å²) < 4.78 is 5.62. The first-order valence-corrected chi connectivity index (χ1v) is 9.54. The summed E-state index contributed by atoms with van der Waals surface area (Å²) in [6.45, 7) is 4.75. The molecule has 0 aliphatic carbocycles. The molecule has 5 heteroatoms. The van der Waals surface area contributed by atoms with Gasteiger partial charge in [0.05, 0.1) is 25.1 Å². The van der Waals surface area contributed by atoms with Crippen molar-refractivity contribution < 1.29 is 14.1 Å². The van der Waals surface area contributed by atoms with E-state index in [4.69, 9.17) is 9.52 Å². The number of quaternary nitrogens is 1. The molecule has 1 amide bonds. The lowest BCUT2D eigenvalue weighted by Crippen LogP contribution is -3.13. The van der Waals surface area contributed by atoms with Gasteiger partial charge in [0.15, 0.2) is 6.54 Å². The number of carbonyl (C=O) groups excluding carboxylic acids is 1. The van der Waals surface area contributed by atoms with E-state index < -0.39 is 0 Å². The molecule has 26 heavy (non-hydrogen) atoms. The Balaban J connectivity index is 1.56. The summed E-state index contributed by atoms with van der Waals surface area (Å²) in [4.78, 5) is 14.4. The number of hydrogen-bond acceptors (Lipinski definition) is 3.